The lowest BCUT2D eigenvalue weighted by atomic mass is 10.2. The first-order valence-electron chi connectivity index (χ1n) is 7.36. The summed E-state index contributed by atoms with van der Waals surface area (Å²) in [4.78, 5) is 4.96. The fourth-order valence-electron chi connectivity index (χ4n) is 2.72. The minimum atomic E-state index is 0.774. The van der Waals surface area contributed by atoms with Gasteiger partial charge in [0.15, 0.2) is 0 Å². The summed E-state index contributed by atoms with van der Waals surface area (Å²) in [5.74, 6) is 0. The van der Waals surface area contributed by atoms with Crippen molar-refractivity contribution < 1.29 is 0 Å². The van der Waals surface area contributed by atoms with Crippen LogP contribution in [0.2, 0.25) is 0 Å². The molecule has 1 unspecified atom stereocenters. The summed E-state index contributed by atoms with van der Waals surface area (Å²) in [6.45, 7) is 5.82. The molecule has 0 radical (unpaired) electrons. The van der Waals surface area contributed by atoms with Gasteiger partial charge >= 0.3 is 0 Å². The second-order valence-corrected chi connectivity index (χ2v) is 6.45. The van der Waals surface area contributed by atoms with Gasteiger partial charge in [-0.25, -0.2) is 0 Å². The van der Waals surface area contributed by atoms with Gasteiger partial charge in [-0.15, -0.1) is 0 Å². The zero-order valence-corrected chi connectivity index (χ0v) is 13.1. The third-order valence-corrected chi connectivity index (χ3v) is 4.77. The Morgan fingerprint density at radius 2 is 2.37 bits per heavy atom. The fraction of sp³-hybridized carbons (Fsp3) is 0.733. The van der Waals surface area contributed by atoms with Crippen molar-refractivity contribution in [2.24, 2.45) is 0 Å². The quantitative estimate of drug-likeness (QED) is 0.734. The Morgan fingerprint density at radius 3 is 3.05 bits per heavy atom. The van der Waals surface area contributed by atoms with Crippen molar-refractivity contribution in [3.05, 3.63) is 22.4 Å². The number of rotatable bonds is 8. The largest absolute Gasteiger partial charge is 0.315 e. The Balaban J connectivity index is 1.50. The van der Waals surface area contributed by atoms with Gasteiger partial charge in [0.25, 0.3) is 0 Å². The average molecular weight is 281 g/mol. The summed E-state index contributed by atoms with van der Waals surface area (Å²) in [5.41, 5.74) is 1.46. The normalized spacial score (nSPS) is 20.5. The standard InChI is InChI=1S/C15H27N3S/c1-17(12-15-4-3-9-18(15)2)10-8-16-7-5-14-6-11-19-13-14/h6,11,13,15-16H,3-5,7-10,12H2,1-2H3. The fourth-order valence-corrected chi connectivity index (χ4v) is 3.43. The van der Waals surface area contributed by atoms with Crippen LogP contribution in [0.3, 0.4) is 0 Å². The minimum Gasteiger partial charge on any atom is -0.315 e. The molecule has 1 aromatic heterocycles. The third-order valence-electron chi connectivity index (χ3n) is 4.03. The lowest BCUT2D eigenvalue weighted by Crippen LogP contribution is -2.39. The molecule has 108 valence electrons. The topological polar surface area (TPSA) is 18.5 Å². The number of hydrogen-bond acceptors (Lipinski definition) is 4. The summed E-state index contributed by atoms with van der Waals surface area (Å²) in [5, 5.41) is 7.93. The van der Waals surface area contributed by atoms with E-state index in [2.05, 4.69) is 46.0 Å². The Kier molecular flexibility index (Phi) is 6.31. The molecule has 1 N–H and O–H groups in total. The molecule has 1 saturated heterocycles. The van der Waals surface area contributed by atoms with Crippen molar-refractivity contribution in [2.45, 2.75) is 25.3 Å². The van der Waals surface area contributed by atoms with E-state index in [1.807, 2.05) is 0 Å². The zero-order chi connectivity index (χ0) is 13.5. The van der Waals surface area contributed by atoms with Crippen molar-refractivity contribution in [3.63, 3.8) is 0 Å². The van der Waals surface area contributed by atoms with E-state index in [0.29, 0.717) is 0 Å². The number of hydrogen-bond donors (Lipinski definition) is 1. The second-order valence-electron chi connectivity index (χ2n) is 5.67. The molecule has 0 bridgehead atoms. The smallest absolute Gasteiger partial charge is 0.0220 e. The number of nitrogens with one attached hydrogen (secondary N) is 1. The Labute approximate surface area is 121 Å². The number of nitrogens with zero attached hydrogens (tertiary/aromatic N) is 2. The van der Waals surface area contributed by atoms with Crippen LogP contribution in [0.15, 0.2) is 16.8 Å². The molecular weight excluding hydrogens is 254 g/mol. The maximum Gasteiger partial charge on any atom is 0.0220 e. The van der Waals surface area contributed by atoms with Crippen molar-refractivity contribution in [1.82, 2.24) is 15.1 Å². The van der Waals surface area contributed by atoms with E-state index >= 15 is 0 Å². The zero-order valence-electron chi connectivity index (χ0n) is 12.3. The van der Waals surface area contributed by atoms with E-state index in [4.69, 9.17) is 0 Å². The van der Waals surface area contributed by atoms with Crippen LogP contribution in [0.1, 0.15) is 18.4 Å². The van der Waals surface area contributed by atoms with Gasteiger partial charge in [-0.2, -0.15) is 11.3 Å². The molecule has 2 rings (SSSR count). The molecule has 1 aliphatic heterocycles. The van der Waals surface area contributed by atoms with E-state index in [0.717, 1.165) is 32.1 Å². The highest BCUT2D eigenvalue weighted by molar-refractivity contribution is 7.07. The Hall–Kier alpha value is -0.420. The van der Waals surface area contributed by atoms with Gasteiger partial charge in [0.05, 0.1) is 0 Å². The minimum absolute atomic E-state index is 0.774. The van der Waals surface area contributed by atoms with Crippen LogP contribution in [0.4, 0.5) is 0 Å². The molecule has 1 aromatic rings. The number of thiophene rings is 1. The van der Waals surface area contributed by atoms with Crippen molar-refractivity contribution in [2.75, 3.05) is 46.8 Å². The molecule has 1 aliphatic rings. The van der Waals surface area contributed by atoms with Crippen LogP contribution in [-0.2, 0) is 6.42 Å². The predicted octanol–water partition coefficient (Wildman–Crippen LogP) is 1.91. The van der Waals surface area contributed by atoms with Gasteiger partial charge in [-0.1, -0.05) is 0 Å². The van der Waals surface area contributed by atoms with E-state index in [1.54, 1.807) is 11.3 Å². The van der Waals surface area contributed by atoms with E-state index in [9.17, 15) is 0 Å². The van der Waals surface area contributed by atoms with Gasteiger partial charge in [0.1, 0.15) is 0 Å². The van der Waals surface area contributed by atoms with E-state index in [-0.39, 0.29) is 0 Å². The number of likely N-dealkylation sites (N-methyl/N-ethyl adjacent to an activating group) is 2. The van der Waals surface area contributed by atoms with Crippen LogP contribution < -0.4 is 5.32 Å². The van der Waals surface area contributed by atoms with E-state index < -0.39 is 0 Å². The monoisotopic (exact) mass is 281 g/mol. The summed E-state index contributed by atoms with van der Waals surface area (Å²) < 4.78 is 0. The van der Waals surface area contributed by atoms with E-state index in [1.165, 1.54) is 31.5 Å². The molecule has 0 saturated carbocycles. The van der Waals surface area contributed by atoms with Gasteiger partial charge in [0.2, 0.25) is 0 Å². The first kappa shape index (κ1) is 15.0. The molecular formula is C15H27N3S. The van der Waals surface area contributed by atoms with Crippen molar-refractivity contribution in [1.29, 1.82) is 0 Å². The average Bonchev–Trinajstić information content (AvgIpc) is 3.02. The summed E-state index contributed by atoms with van der Waals surface area (Å²) in [6.07, 6.45) is 3.89. The molecule has 3 nitrogen and oxygen atoms in total. The lowest BCUT2D eigenvalue weighted by molar-refractivity contribution is 0.220. The third kappa shape index (κ3) is 5.22. The first-order valence-corrected chi connectivity index (χ1v) is 8.30. The summed E-state index contributed by atoms with van der Waals surface area (Å²) >= 11 is 1.79. The highest BCUT2D eigenvalue weighted by atomic mass is 32.1. The highest BCUT2D eigenvalue weighted by Crippen LogP contribution is 2.15. The maximum absolute atomic E-state index is 3.54. The molecule has 1 atom stereocenters. The molecule has 0 aromatic carbocycles. The van der Waals surface area contributed by atoms with Crippen LogP contribution in [0.25, 0.3) is 0 Å². The molecule has 4 heteroatoms. The lowest BCUT2D eigenvalue weighted by Gasteiger charge is -2.25. The molecule has 0 aliphatic carbocycles. The first-order chi connectivity index (χ1) is 9.25. The molecule has 0 spiro atoms. The maximum atomic E-state index is 3.54. The summed E-state index contributed by atoms with van der Waals surface area (Å²) in [6, 6.07) is 2.99. The Morgan fingerprint density at radius 1 is 1.47 bits per heavy atom. The SMILES string of the molecule is CN(CCNCCc1ccsc1)CC1CCCN1C. The molecule has 0 amide bonds. The molecule has 19 heavy (non-hydrogen) atoms. The van der Waals surface area contributed by atoms with Crippen LogP contribution in [0, 0.1) is 0 Å². The van der Waals surface area contributed by atoms with Crippen molar-refractivity contribution >= 4 is 11.3 Å². The Bertz CT molecular complexity index is 339. The summed E-state index contributed by atoms with van der Waals surface area (Å²) in [7, 11) is 4.50. The van der Waals surface area contributed by atoms with Gasteiger partial charge in [0, 0.05) is 25.7 Å². The highest BCUT2D eigenvalue weighted by Gasteiger charge is 2.21. The number of likely N-dealkylation sites (tertiary alicyclic amines) is 1. The van der Waals surface area contributed by atoms with Gasteiger partial charge in [-0.05, 0) is 68.8 Å². The van der Waals surface area contributed by atoms with Gasteiger partial charge in [-0.3, -0.25) is 0 Å². The second kappa shape index (κ2) is 8.00. The van der Waals surface area contributed by atoms with Gasteiger partial charge < -0.3 is 15.1 Å². The predicted molar refractivity (Wildman–Crippen MR) is 84.0 cm³/mol. The molecule has 1 fully saturated rings. The van der Waals surface area contributed by atoms with Crippen molar-refractivity contribution in [3.8, 4) is 0 Å². The van der Waals surface area contributed by atoms with Crippen LogP contribution >= 0.6 is 11.3 Å². The molecule has 2 heterocycles. The van der Waals surface area contributed by atoms with Crippen LogP contribution in [0.5, 0.6) is 0 Å². The van der Waals surface area contributed by atoms with Crippen LogP contribution in [-0.4, -0.2) is 62.7 Å².